The Balaban J connectivity index is 1.97. The van der Waals surface area contributed by atoms with Gasteiger partial charge in [0.25, 0.3) is 0 Å². The molecule has 5 heteroatoms. The number of unbranched alkanes of at least 4 members (excludes halogenated alkanes) is 1. The molecule has 0 spiro atoms. The quantitative estimate of drug-likeness (QED) is 0.803. The number of hydrogen-bond acceptors (Lipinski definition) is 3. The zero-order valence-corrected chi connectivity index (χ0v) is 12.7. The van der Waals surface area contributed by atoms with Crippen molar-refractivity contribution in [1.82, 2.24) is 19.9 Å². The van der Waals surface area contributed by atoms with E-state index in [1.54, 1.807) is 6.20 Å². The largest absolute Gasteiger partial charge is 0.338 e. The van der Waals surface area contributed by atoms with Crippen molar-refractivity contribution < 1.29 is 4.79 Å². The van der Waals surface area contributed by atoms with Crippen LogP contribution in [0, 0.1) is 5.92 Å². The van der Waals surface area contributed by atoms with Gasteiger partial charge < -0.3 is 4.90 Å². The molecule has 0 bridgehead atoms. The second kappa shape index (κ2) is 7.41. The molecule has 1 saturated heterocycles. The molecule has 0 N–H and O–H groups in total. The Morgan fingerprint density at radius 1 is 1.45 bits per heavy atom. The third-order valence-electron chi connectivity index (χ3n) is 4.19. The normalized spacial score (nSPS) is 20.9. The van der Waals surface area contributed by atoms with Gasteiger partial charge in [0.05, 0.1) is 18.8 Å². The van der Waals surface area contributed by atoms with Crippen molar-refractivity contribution in [2.45, 2.75) is 65.0 Å². The predicted molar refractivity (Wildman–Crippen MR) is 78.1 cm³/mol. The van der Waals surface area contributed by atoms with Crippen LogP contribution in [-0.4, -0.2) is 38.4 Å². The van der Waals surface area contributed by atoms with Crippen LogP contribution < -0.4 is 0 Å². The molecule has 0 aromatic carbocycles. The maximum Gasteiger partial charge on any atom is 0.225 e. The van der Waals surface area contributed by atoms with Gasteiger partial charge in [0.2, 0.25) is 5.91 Å². The molecule has 1 aromatic rings. The Bertz CT molecular complexity index is 404. The van der Waals surface area contributed by atoms with E-state index in [-0.39, 0.29) is 12.0 Å². The van der Waals surface area contributed by atoms with Gasteiger partial charge in [0.15, 0.2) is 0 Å². The van der Waals surface area contributed by atoms with Crippen LogP contribution in [0.5, 0.6) is 0 Å². The van der Waals surface area contributed by atoms with Gasteiger partial charge in [0.1, 0.15) is 0 Å². The van der Waals surface area contributed by atoms with E-state index in [4.69, 9.17) is 0 Å². The lowest BCUT2D eigenvalue weighted by Gasteiger charge is -2.37. The zero-order valence-electron chi connectivity index (χ0n) is 12.7. The average Bonchev–Trinajstić information content (AvgIpc) is 2.97. The first kappa shape index (κ1) is 15.0. The van der Waals surface area contributed by atoms with E-state index in [2.05, 4.69) is 29.1 Å². The number of nitrogens with zero attached hydrogens (tertiary/aromatic N) is 4. The summed E-state index contributed by atoms with van der Waals surface area (Å²) in [6.07, 6.45) is 10.3. The Hall–Kier alpha value is -1.39. The number of aromatic nitrogens is 3. The third-order valence-corrected chi connectivity index (χ3v) is 4.19. The van der Waals surface area contributed by atoms with Gasteiger partial charge in [-0.2, -0.15) is 0 Å². The van der Waals surface area contributed by atoms with E-state index in [1.807, 2.05) is 10.9 Å². The summed E-state index contributed by atoms with van der Waals surface area (Å²) in [5, 5.41) is 7.87. The van der Waals surface area contributed by atoms with Crippen LogP contribution in [0.15, 0.2) is 12.4 Å². The van der Waals surface area contributed by atoms with Gasteiger partial charge in [0, 0.05) is 18.7 Å². The summed E-state index contributed by atoms with van der Waals surface area (Å²) in [7, 11) is 0. The molecule has 1 fully saturated rings. The summed E-state index contributed by atoms with van der Waals surface area (Å²) in [4.78, 5) is 14.7. The van der Waals surface area contributed by atoms with Crippen LogP contribution in [0.25, 0.3) is 0 Å². The second-order valence-corrected chi connectivity index (χ2v) is 5.85. The van der Waals surface area contributed by atoms with Crippen molar-refractivity contribution in [2.24, 2.45) is 5.92 Å². The van der Waals surface area contributed by atoms with Crippen molar-refractivity contribution >= 4 is 5.91 Å². The molecule has 0 radical (unpaired) electrons. The number of hydrogen-bond donors (Lipinski definition) is 0. The molecule has 2 rings (SSSR count). The molecule has 0 aliphatic carbocycles. The van der Waals surface area contributed by atoms with E-state index in [1.165, 1.54) is 6.42 Å². The van der Waals surface area contributed by atoms with E-state index in [9.17, 15) is 4.79 Å². The number of rotatable bonds is 6. The third kappa shape index (κ3) is 3.81. The summed E-state index contributed by atoms with van der Waals surface area (Å²) in [5.74, 6) is 0.467. The van der Waals surface area contributed by atoms with E-state index in [0.717, 1.165) is 45.2 Å². The monoisotopic (exact) mass is 278 g/mol. The topological polar surface area (TPSA) is 51.0 Å². The van der Waals surface area contributed by atoms with Crippen LogP contribution >= 0.6 is 0 Å². The van der Waals surface area contributed by atoms with Gasteiger partial charge in [-0.25, -0.2) is 0 Å². The summed E-state index contributed by atoms with van der Waals surface area (Å²) < 4.78 is 1.84. The number of likely N-dealkylation sites (tertiary alicyclic amines) is 1. The maximum atomic E-state index is 12.6. The highest BCUT2D eigenvalue weighted by Gasteiger charge is 2.29. The lowest BCUT2D eigenvalue weighted by atomic mass is 9.97. The Labute approximate surface area is 121 Å². The minimum Gasteiger partial charge on any atom is -0.338 e. The lowest BCUT2D eigenvalue weighted by Crippen LogP contribution is -2.47. The van der Waals surface area contributed by atoms with Crippen molar-refractivity contribution in [3.8, 4) is 0 Å². The van der Waals surface area contributed by atoms with Crippen LogP contribution in [0.4, 0.5) is 0 Å². The molecule has 2 atom stereocenters. The van der Waals surface area contributed by atoms with Crippen LogP contribution in [0.1, 0.15) is 52.4 Å². The average molecular weight is 278 g/mol. The first-order valence-corrected chi connectivity index (χ1v) is 7.87. The summed E-state index contributed by atoms with van der Waals surface area (Å²) in [6, 6.07) is 0.280. The molecule has 1 aliphatic heterocycles. The number of amides is 1. The Morgan fingerprint density at radius 2 is 2.30 bits per heavy atom. The summed E-state index contributed by atoms with van der Waals surface area (Å²) >= 11 is 0. The molecule has 1 amide bonds. The maximum absolute atomic E-state index is 12.6. The van der Waals surface area contributed by atoms with E-state index < -0.39 is 0 Å². The molecule has 2 heterocycles. The van der Waals surface area contributed by atoms with Crippen molar-refractivity contribution in [2.75, 3.05) is 6.54 Å². The SMILES string of the molecule is CCCC[C@@H](C)C(=O)N1CCCC[C@H]1Cn1ccnn1. The van der Waals surface area contributed by atoms with Gasteiger partial charge in [-0.15, -0.1) is 5.10 Å². The van der Waals surface area contributed by atoms with Gasteiger partial charge in [-0.1, -0.05) is 31.9 Å². The minimum atomic E-state index is 0.145. The molecular weight excluding hydrogens is 252 g/mol. The Morgan fingerprint density at radius 3 is 3.00 bits per heavy atom. The number of piperidine rings is 1. The number of carbonyl (C=O) groups excluding carboxylic acids is 1. The van der Waals surface area contributed by atoms with E-state index in [0.29, 0.717) is 5.91 Å². The Kier molecular flexibility index (Phi) is 5.56. The fraction of sp³-hybridized carbons (Fsp3) is 0.800. The standard InChI is InChI=1S/C15H26N4O/c1-3-4-7-13(2)15(20)19-10-6-5-8-14(19)12-18-11-9-16-17-18/h9,11,13-14H,3-8,10,12H2,1-2H3/t13-,14+/m1/s1. The fourth-order valence-corrected chi connectivity index (χ4v) is 2.94. The predicted octanol–water partition coefficient (Wildman–Crippen LogP) is 2.49. The summed E-state index contributed by atoms with van der Waals surface area (Å²) in [5.41, 5.74) is 0. The van der Waals surface area contributed by atoms with Crippen molar-refractivity contribution in [3.63, 3.8) is 0 Å². The van der Waals surface area contributed by atoms with Gasteiger partial charge in [-0.05, 0) is 25.7 Å². The molecule has 0 saturated carbocycles. The molecule has 5 nitrogen and oxygen atoms in total. The second-order valence-electron chi connectivity index (χ2n) is 5.85. The van der Waals surface area contributed by atoms with Crippen LogP contribution in [0.2, 0.25) is 0 Å². The fourth-order valence-electron chi connectivity index (χ4n) is 2.94. The highest BCUT2D eigenvalue weighted by molar-refractivity contribution is 5.78. The molecule has 1 aromatic heterocycles. The molecule has 1 aliphatic rings. The van der Waals surface area contributed by atoms with Gasteiger partial charge in [-0.3, -0.25) is 9.48 Å². The minimum absolute atomic E-state index is 0.145. The van der Waals surface area contributed by atoms with Crippen LogP contribution in [0.3, 0.4) is 0 Å². The highest BCUT2D eigenvalue weighted by atomic mass is 16.2. The number of carbonyl (C=O) groups is 1. The zero-order chi connectivity index (χ0) is 14.4. The first-order chi connectivity index (χ1) is 9.72. The summed E-state index contributed by atoms with van der Waals surface area (Å²) in [6.45, 7) is 5.91. The molecule has 112 valence electrons. The first-order valence-electron chi connectivity index (χ1n) is 7.87. The molecule has 20 heavy (non-hydrogen) atoms. The van der Waals surface area contributed by atoms with Crippen molar-refractivity contribution in [1.29, 1.82) is 0 Å². The van der Waals surface area contributed by atoms with Crippen molar-refractivity contribution in [3.05, 3.63) is 12.4 Å². The highest BCUT2D eigenvalue weighted by Crippen LogP contribution is 2.22. The molecule has 0 unspecified atom stereocenters. The van der Waals surface area contributed by atoms with E-state index >= 15 is 0 Å². The lowest BCUT2D eigenvalue weighted by molar-refractivity contribution is -0.139. The molecular formula is C15H26N4O. The van der Waals surface area contributed by atoms with Gasteiger partial charge >= 0.3 is 0 Å². The smallest absolute Gasteiger partial charge is 0.225 e. The van der Waals surface area contributed by atoms with Crippen LogP contribution in [-0.2, 0) is 11.3 Å².